The van der Waals surface area contributed by atoms with Crippen LogP contribution in [0.1, 0.15) is 47.2 Å². The number of rotatable bonds is 8. The van der Waals surface area contributed by atoms with Gasteiger partial charge in [0.05, 0.1) is 12.6 Å². The van der Waals surface area contributed by atoms with Crippen molar-refractivity contribution in [1.82, 2.24) is 4.90 Å². The van der Waals surface area contributed by atoms with Gasteiger partial charge in [-0.25, -0.2) is 4.79 Å². The first-order valence-corrected chi connectivity index (χ1v) is 13.1. The van der Waals surface area contributed by atoms with E-state index < -0.39 is 11.7 Å². The van der Waals surface area contributed by atoms with Gasteiger partial charge in [0.2, 0.25) is 0 Å². The average Bonchev–Trinajstić information content (AvgIpc) is 2.89. The molecule has 0 saturated carbocycles. The second-order valence-corrected chi connectivity index (χ2v) is 9.61. The fourth-order valence-corrected chi connectivity index (χ4v) is 5.89. The normalized spacial score (nSPS) is 17.0. The smallest absolute Gasteiger partial charge is 0.497 e. The Labute approximate surface area is 220 Å². The average molecular weight is 503 g/mol. The minimum Gasteiger partial charge on any atom is -0.497 e. The van der Waals surface area contributed by atoms with Gasteiger partial charge in [0.25, 0.3) is 0 Å². The molecule has 1 atom stereocenters. The maximum atomic E-state index is 11.2. The molecule has 0 fully saturated rings. The van der Waals surface area contributed by atoms with Gasteiger partial charge in [0.1, 0.15) is 12.4 Å². The summed E-state index contributed by atoms with van der Waals surface area (Å²) in [6.45, 7) is 11.8. The van der Waals surface area contributed by atoms with Crippen LogP contribution in [0.15, 0.2) is 60.7 Å². The number of carbonyl (C=O) groups is 1. The fourth-order valence-electron chi connectivity index (χ4n) is 5.89. The van der Waals surface area contributed by atoms with Crippen molar-refractivity contribution in [2.75, 3.05) is 44.8 Å². The number of methoxy groups -OCH3 is 1. The summed E-state index contributed by atoms with van der Waals surface area (Å²) in [6.07, 6.45) is -0.288. The van der Waals surface area contributed by atoms with E-state index in [0.717, 1.165) is 30.8 Å². The highest BCUT2D eigenvalue weighted by Crippen LogP contribution is 2.46. The molecule has 4 aliphatic heterocycles. The number of carboxylic acid groups (broad SMARTS) is 1. The van der Waals surface area contributed by atoms with Crippen molar-refractivity contribution >= 4 is 11.8 Å². The molecule has 7 rings (SSSR count). The molecule has 0 aromatic heterocycles. The third kappa shape index (κ3) is 5.03. The fraction of sp³-hybridized carbons (Fsp3) is 0.387. The SMILES string of the molecule is CCN1CCc2ccc(c(C)c2)C(c2ccc(OC)cc2)(N(CC)CCOC(=O)O)c2ccc1cc2C. The van der Waals surface area contributed by atoms with Crippen molar-refractivity contribution in [3.63, 3.8) is 0 Å². The molecule has 6 nitrogen and oxygen atoms in total. The van der Waals surface area contributed by atoms with Crippen molar-refractivity contribution in [3.05, 3.63) is 94.0 Å². The summed E-state index contributed by atoms with van der Waals surface area (Å²) in [4.78, 5) is 16.0. The molecule has 0 amide bonds. The molecular formula is C31H38N2O4. The van der Waals surface area contributed by atoms with Gasteiger partial charge < -0.3 is 19.5 Å². The van der Waals surface area contributed by atoms with Crippen molar-refractivity contribution in [3.8, 4) is 5.75 Å². The molecule has 3 aromatic carbocycles. The molecule has 0 aliphatic carbocycles. The van der Waals surface area contributed by atoms with E-state index in [1.807, 2.05) is 12.1 Å². The minimum atomic E-state index is -1.26. The Kier molecular flexibility index (Phi) is 8.08. The molecule has 0 spiro atoms. The first-order valence-electron chi connectivity index (χ1n) is 13.1. The van der Waals surface area contributed by atoms with Crippen LogP contribution in [-0.2, 0) is 16.7 Å². The molecule has 1 N–H and O–H groups in total. The Morgan fingerprint density at radius 3 is 2.24 bits per heavy atom. The molecule has 4 aliphatic rings. The van der Waals surface area contributed by atoms with Gasteiger partial charge in [-0.2, -0.15) is 0 Å². The first kappa shape index (κ1) is 26.6. The Bertz CT molecular complexity index is 1240. The van der Waals surface area contributed by atoms with E-state index in [1.54, 1.807) is 7.11 Å². The molecule has 1 unspecified atom stereocenters. The first-order chi connectivity index (χ1) is 17.8. The van der Waals surface area contributed by atoms with E-state index in [-0.39, 0.29) is 6.61 Å². The van der Waals surface area contributed by atoms with Gasteiger partial charge in [0, 0.05) is 25.3 Å². The predicted octanol–water partition coefficient (Wildman–Crippen LogP) is 6.00. The quantitative estimate of drug-likeness (QED) is 0.381. The molecule has 6 heteroatoms. The Balaban J connectivity index is 2.07. The van der Waals surface area contributed by atoms with E-state index in [0.29, 0.717) is 13.1 Å². The van der Waals surface area contributed by atoms with E-state index >= 15 is 0 Å². The number of hydrogen-bond acceptors (Lipinski definition) is 5. The summed E-state index contributed by atoms with van der Waals surface area (Å²) in [7, 11) is 1.67. The lowest BCUT2D eigenvalue weighted by Crippen LogP contribution is -2.50. The van der Waals surface area contributed by atoms with Gasteiger partial charge in [-0.1, -0.05) is 43.3 Å². The number of ether oxygens (including phenoxy) is 2. The van der Waals surface area contributed by atoms with Crippen LogP contribution in [0.3, 0.4) is 0 Å². The minimum absolute atomic E-state index is 0.0823. The number of benzene rings is 3. The van der Waals surface area contributed by atoms with Gasteiger partial charge in [0.15, 0.2) is 0 Å². The highest BCUT2D eigenvalue weighted by molar-refractivity contribution is 5.60. The second kappa shape index (κ2) is 11.3. The van der Waals surface area contributed by atoms with Crippen LogP contribution in [-0.4, -0.2) is 56.1 Å². The maximum absolute atomic E-state index is 11.2. The summed E-state index contributed by atoms with van der Waals surface area (Å²) in [5.74, 6) is 0.794. The van der Waals surface area contributed by atoms with Crippen molar-refractivity contribution < 1.29 is 19.4 Å². The van der Waals surface area contributed by atoms with E-state index in [4.69, 9.17) is 9.47 Å². The molecule has 37 heavy (non-hydrogen) atoms. The number of nitrogens with zero attached hydrogens (tertiary/aromatic N) is 2. The zero-order valence-electron chi connectivity index (χ0n) is 22.6. The topological polar surface area (TPSA) is 62.2 Å². The summed E-state index contributed by atoms with van der Waals surface area (Å²) in [5.41, 5.74) is 7.72. The lowest BCUT2D eigenvalue weighted by molar-refractivity contribution is 0.0664. The molecular weight excluding hydrogens is 464 g/mol. The number of anilines is 1. The lowest BCUT2D eigenvalue weighted by Gasteiger charge is -2.47. The molecule has 4 bridgehead atoms. The van der Waals surface area contributed by atoms with Gasteiger partial charge in [-0.3, -0.25) is 4.90 Å². The van der Waals surface area contributed by atoms with E-state index in [1.165, 1.54) is 33.5 Å². The number of aryl methyl sites for hydroxylation is 2. The Morgan fingerprint density at radius 2 is 1.68 bits per heavy atom. The summed E-state index contributed by atoms with van der Waals surface area (Å²) < 4.78 is 10.5. The number of likely N-dealkylation sites (N-methyl/N-ethyl adjacent to an activating group) is 2. The molecule has 196 valence electrons. The predicted molar refractivity (Wildman–Crippen MR) is 148 cm³/mol. The largest absolute Gasteiger partial charge is 0.505 e. The second-order valence-electron chi connectivity index (χ2n) is 9.61. The monoisotopic (exact) mass is 502 g/mol. The van der Waals surface area contributed by atoms with Crippen molar-refractivity contribution in [2.45, 2.75) is 39.7 Å². The third-order valence-electron chi connectivity index (χ3n) is 7.65. The summed E-state index contributed by atoms with van der Waals surface area (Å²) in [5, 5.41) is 9.18. The van der Waals surface area contributed by atoms with Crippen LogP contribution in [0, 0.1) is 13.8 Å². The highest BCUT2D eigenvalue weighted by atomic mass is 16.7. The van der Waals surface area contributed by atoms with Crippen molar-refractivity contribution in [2.24, 2.45) is 0 Å². The zero-order valence-corrected chi connectivity index (χ0v) is 22.6. The lowest BCUT2D eigenvalue weighted by atomic mass is 9.72. The van der Waals surface area contributed by atoms with E-state index in [2.05, 4.69) is 86.0 Å². The third-order valence-corrected chi connectivity index (χ3v) is 7.65. The Morgan fingerprint density at radius 1 is 1.00 bits per heavy atom. The summed E-state index contributed by atoms with van der Waals surface area (Å²) >= 11 is 0. The van der Waals surface area contributed by atoms with Crippen LogP contribution in [0.2, 0.25) is 0 Å². The molecule has 0 saturated heterocycles. The van der Waals surface area contributed by atoms with E-state index in [9.17, 15) is 9.90 Å². The van der Waals surface area contributed by atoms with Crippen LogP contribution in [0.5, 0.6) is 5.75 Å². The Hall–Kier alpha value is -3.51. The van der Waals surface area contributed by atoms with Crippen LogP contribution < -0.4 is 9.64 Å². The zero-order chi connectivity index (χ0) is 26.6. The van der Waals surface area contributed by atoms with Crippen LogP contribution in [0.25, 0.3) is 0 Å². The van der Waals surface area contributed by atoms with Gasteiger partial charge in [-0.15, -0.1) is 0 Å². The number of hydrogen-bond donors (Lipinski definition) is 1. The van der Waals surface area contributed by atoms with Crippen molar-refractivity contribution in [1.29, 1.82) is 0 Å². The highest BCUT2D eigenvalue weighted by Gasteiger charge is 2.43. The molecule has 3 aromatic rings. The van der Waals surface area contributed by atoms with Crippen LogP contribution >= 0.6 is 0 Å². The maximum Gasteiger partial charge on any atom is 0.505 e. The standard InChI is InChI=1S/C31H38N2O4/c1-6-32-17-16-24-8-14-28(22(3)20-24)31(25-9-12-27(36-5)13-10-25,29-15-11-26(32)21-23(29)4)33(7-2)18-19-37-30(34)35/h8-15,20-21H,6-7,16-19H2,1-5H3,(H,34,35). The van der Waals surface area contributed by atoms with Gasteiger partial charge >= 0.3 is 6.16 Å². The molecule has 0 radical (unpaired) electrons. The summed E-state index contributed by atoms with van der Waals surface area (Å²) in [6, 6.07) is 21.9. The van der Waals surface area contributed by atoms with Gasteiger partial charge in [-0.05, 0) is 91.4 Å². The van der Waals surface area contributed by atoms with Crippen LogP contribution in [0.4, 0.5) is 10.5 Å². The molecule has 4 heterocycles.